The Morgan fingerprint density at radius 3 is 2.42 bits per heavy atom. The highest BCUT2D eigenvalue weighted by Crippen LogP contribution is 2.31. The minimum atomic E-state index is 0.0729. The summed E-state index contributed by atoms with van der Waals surface area (Å²) in [4.78, 5) is 0. The predicted octanol–water partition coefficient (Wildman–Crippen LogP) is 5.04. The summed E-state index contributed by atoms with van der Waals surface area (Å²) >= 11 is 12.1. The molecule has 1 N–H and O–H groups in total. The fraction of sp³-hybridized carbons (Fsp3) is 0.133. The van der Waals surface area contributed by atoms with Crippen LogP contribution in [0.5, 0.6) is 0 Å². The molecule has 0 saturated carbocycles. The van der Waals surface area contributed by atoms with Crippen molar-refractivity contribution in [1.29, 1.82) is 5.26 Å². The van der Waals surface area contributed by atoms with Crippen molar-refractivity contribution < 1.29 is 0 Å². The van der Waals surface area contributed by atoms with Gasteiger partial charge >= 0.3 is 0 Å². The summed E-state index contributed by atoms with van der Waals surface area (Å²) in [6, 6.07) is 15.1. The molecule has 2 aromatic carbocycles. The van der Waals surface area contributed by atoms with Crippen LogP contribution in [0.25, 0.3) is 0 Å². The smallest absolute Gasteiger partial charge is 0.0991 e. The molecule has 1 unspecified atom stereocenters. The largest absolute Gasteiger partial charge is 0.377 e. The molecule has 2 aromatic rings. The van der Waals surface area contributed by atoms with Crippen molar-refractivity contribution in [3.8, 4) is 6.07 Å². The van der Waals surface area contributed by atoms with Crippen LogP contribution in [-0.2, 0) is 0 Å². The number of nitrogens with one attached hydrogen (secondary N) is 1. The molecule has 0 saturated heterocycles. The van der Waals surface area contributed by atoms with E-state index in [2.05, 4.69) is 11.4 Å². The Balaban J connectivity index is 2.18. The van der Waals surface area contributed by atoms with Gasteiger partial charge in [0.1, 0.15) is 0 Å². The molecular weight excluding hydrogens is 279 g/mol. The number of benzene rings is 2. The lowest BCUT2D eigenvalue weighted by Crippen LogP contribution is -2.07. The number of halogens is 2. The van der Waals surface area contributed by atoms with Crippen LogP contribution in [0.4, 0.5) is 5.69 Å². The average Bonchev–Trinajstić information content (AvgIpc) is 2.44. The third-order valence-electron chi connectivity index (χ3n) is 2.86. The fourth-order valence-electron chi connectivity index (χ4n) is 1.78. The number of nitrogens with zero attached hydrogens (tertiary/aromatic N) is 1. The van der Waals surface area contributed by atoms with Crippen molar-refractivity contribution in [3.05, 3.63) is 63.6 Å². The SMILES string of the molecule is CC(Nc1cccc(Cl)c1Cl)c1ccc(C#N)cc1. The van der Waals surface area contributed by atoms with Gasteiger partial charge in [0.15, 0.2) is 0 Å². The van der Waals surface area contributed by atoms with Gasteiger partial charge in [-0.15, -0.1) is 0 Å². The normalized spacial score (nSPS) is 11.7. The molecule has 0 bridgehead atoms. The number of anilines is 1. The molecule has 4 heteroatoms. The maximum Gasteiger partial charge on any atom is 0.0991 e. The molecule has 0 aliphatic rings. The van der Waals surface area contributed by atoms with Crippen molar-refractivity contribution in [2.45, 2.75) is 13.0 Å². The number of hydrogen-bond donors (Lipinski definition) is 1. The number of nitriles is 1. The molecule has 0 amide bonds. The molecule has 1 atom stereocenters. The number of hydrogen-bond acceptors (Lipinski definition) is 2. The van der Waals surface area contributed by atoms with E-state index < -0.39 is 0 Å². The third kappa shape index (κ3) is 3.20. The van der Waals surface area contributed by atoms with Gasteiger partial charge in [-0.3, -0.25) is 0 Å². The summed E-state index contributed by atoms with van der Waals surface area (Å²) in [5.74, 6) is 0. The zero-order valence-corrected chi connectivity index (χ0v) is 11.8. The van der Waals surface area contributed by atoms with Gasteiger partial charge in [-0.05, 0) is 36.8 Å². The molecule has 0 heterocycles. The van der Waals surface area contributed by atoms with E-state index in [1.54, 1.807) is 18.2 Å². The third-order valence-corrected chi connectivity index (χ3v) is 3.68. The van der Waals surface area contributed by atoms with Crippen molar-refractivity contribution in [2.24, 2.45) is 0 Å². The van der Waals surface area contributed by atoms with E-state index in [1.165, 1.54) is 0 Å². The molecule has 0 fully saturated rings. The van der Waals surface area contributed by atoms with E-state index >= 15 is 0 Å². The Hall–Kier alpha value is -1.69. The van der Waals surface area contributed by atoms with Crippen molar-refractivity contribution >= 4 is 28.9 Å². The van der Waals surface area contributed by atoms with Crippen LogP contribution in [0.15, 0.2) is 42.5 Å². The Morgan fingerprint density at radius 1 is 1.11 bits per heavy atom. The van der Waals surface area contributed by atoms with E-state index in [0.29, 0.717) is 15.6 Å². The molecule has 2 nitrogen and oxygen atoms in total. The van der Waals surface area contributed by atoms with Crippen LogP contribution >= 0.6 is 23.2 Å². The van der Waals surface area contributed by atoms with Crippen molar-refractivity contribution in [2.75, 3.05) is 5.32 Å². The van der Waals surface area contributed by atoms with Gasteiger partial charge in [0, 0.05) is 6.04 Å². The summed E-state index contributed by atoms with van der Waals surface area (Å²) in [5, 5.41) is 13.1. The van der Waals surface area contributed by atoms with Gasteiger partial charge in [-0.25, -0.2) is 0 Å². The first kappa shape index (κ1) is 13.7. The molecule has 2 rings (SSSR count). The van der Waals surface area contributed by atoms with Crippen molar-refractivity contribution in [3.63, 3.8) is 0 Å². The van der Waals surface area contributed by atoms with E-state index in [4.69, 9.17) is 28.5 Å². The summed E-state index contributed by atoms with van der Waals surface area (Å²) in [6.45, 7) is 2.03. The van der Waals surface area contributed by atoms with Gasteiger partial charge in [0.2, 0.25) is 0 Å². The molecule has 96 valence electrons. The lowest BCUT2D eigenvalue weighted by atomic mass is 10.1. The van der Waals surface area contributed by atoms with E-state index in [9.17, 15) is 0 Å². The molecule has 19 heavy (non-hydrogen) atoms. The average molecular weight is 291 g/mol. The zero-order chi connectivity index (χ0) is 13.8. The second-order valence-corrected chi connectivity index (χ2v) is 4.99. The Labute approximate surface area is 122 Å². The Morgan fingerprint density at radius 2 is 1.79 bits per heavy atom. The minimum absolute atomic E-state index is 0.0729. The first-order valence-corrected chi connectivity index (χ1v) is 6.58. The lowest BCUT2D eigenvalue weighted by molar-refractivity contribution is 0.884. The highest BCUT2D eigenvalue weighted by Gasteiger charge is 2.09. The monoisotopic (exact) mass is 290 g/mol. The minimum Gasteiger partial charge on any atom is -0.377 e. The van der Waals surface area contributed by atoms with Gasteiger partial charge in [-0.1, -0.05) is 41.4 Å². The van der Waals surface area contributed by atoms with Crippen LogP contribution in [0, 0.1) is 11.3 Å². The maximum absolute atomic E-state index is 8.77. The van der Waals surface area contributed by atoms with Gasteiger partial charge < -0.3 is 5.32 Å². The quantitative estimate of drug-likeness (QED) is 0.860. The van der Waals surface area contributed by atoms with Gasteiger partial charge in [-0.2, -0.15) is 5.26 Å². The summed E-state index contributed by atoms with van der Waals surface area (Å²) < 4.78 is 0. The van der Waals surface area contributed by atoms with Gasteiger partial charge in [0.05, 0.1) is 27.4 Å². The summed E-state index contributed by atoms with van der Waals surface area (Å²) in [7, 11) is 0. The first-order chi connectivity index (χ1) is 9.11. The lowest BCUT2D eigenvalue weighted by Gasteiger charge is -2.17. The van der Waals surface area contributed by atoms with Crippen molar-refractivity contribution in [1.82, 2.24) is 0 Å². The van der Waals surface area contributed by atoms with E-state index in [1.807, 2.05) is 31.2 Å². The molecule has 0 aliphatic carbocycles. The maximum atomic E-state index is 8.77. The second kappa shape index (κ2) is 5.97. The van der Waals surface area contributed by atoms with E-state index in [-0.39, 0.29) is 6.04 Å². The van der Waals surface area contributed by atoms with E-state index in [0.717, 1.165) is 11.3 Å². The molecule has 0 radical (unpaired) electrons. The van der Waals surface area contributed by atoms with Crippen LogP contribution in [0.3, 0.4) is 0 Å². The molecule has 0 aromatic heterocycles. The van der Waals surface area contributed by atoms with Crippen LogP contribution in [0.2, 0.25) is 10.0 Å². The van der Waals surface area contributed by atoms with Crippen LogP contribution in [0.1, 0.15) is 24.1 Å². The zero-order valence-electron chi connectivity index (χ0n) is 10.3. The Bertz CT molecular complexity index is 615. The predicted molar refractivity (Wildman–Crippen MR) is 79.7 cm³/mol. The van der Waals surface area contributed by atoms with Crippen LogP contribution in [-0.4, -0.2) is 0 Å². The number of rotatable bonds is 3. The topological polar surface area (TPSA) is 35.8 Å². The highest BCUT2D eigenvalue weighted by atomic mass is 35.5. The summed E-state index contributed by atoms with van der Waals surface area (Å²) in [6.07, 6.45) is 0. The van der Waals surface area contributed by atoms with Gasteiger partial charge in [0.25, 0.3) is 0 Å². The Kier molecular flexibility index (Phi) is 4.31. The second-order valence-electron chi connectivity index (χ2n) is 4.20. The first-order valence-electron chi connectivity index (χ1n) is 5.82. The van der Waals surface area contributed by atoms with Crippen LogP contribution < -0.4 is 5.32 Å². The fourth-order valence-corrected chi connectivity index (χ4v) is 2.13. The molecule has 0 spiro atoms. The standard InChI is InChI=1S/C15H12Cl2N2/c1-10(12-7-5-11(9-18)6-8-12)19-14-4-2-3-13(16)15(14)17/h2-8,10,19H,1H3. The summed E-state index contributed by atoms with van der Waals surface area (Å²) in [5.41, 5.74) is 2.53. The molecular formula is C15H12Cl2N2. The molecule has 0 aliphatic heterocycles. The highest BCUT2D eigenvalue weighted by molar-refractivity contribution is 6.43.